The van der Waals surface area contributed by atoms with Crippen molar-refractivity contribution < 1.29 is 9.42 Å². The minimum Gasteiger partial charge on any atom is -0.288 e. The second-order valence-corrected chi connectivity index (χ2v) is 10.1. The smallest absolute Gasteiger partial charge is 0.186 e. The number of rotatable bonds is 4. The first-order valence-corrected chi connectivity index (χ1v) is 10.6. The van der Waals surface area contributed by atoms with Gasteiger partial charge < -0.3 is 0 Å². The molecule has 3 atom stereocenters. The van der Waals surface area contributed by atoms with Crippen molar-refractivity contribution in [3.63, 3.8) is 0 Å². The molecule has 1 saturated heterocycles. The molecule has 3 aliphatic rings. The molecule has 0 aliphatic carbocycles. The fraction of sp³-hybridized carbons (Fsp3) is 0.722. The van der Waals surface area contributed by atoms with Crippen molar-refractivity contribution in [3.8, 4) is 0 Å². The second-order valence-electron chi connectivity index (χ2n) is 8.61. The van der Waals surface area contributed by atoms with Gasteiger partial charge in [0.25, 0.3) is 0 Å². The van der Waals surface area contributed by atoms with Gasteiger partial charge in [-0.2, -0.15) is 5.11 Å². The van der Waals surface area contributed by atoms with E-state index in [2.05, 4.69) is 46.3 Å². The average molecular weight is 419 g/mol. The predicted molar refractivity (Wildman–Crippen MR) is 110 cm³/mol. The number of hydrogen-bond donors (Lipinski definition) is 0. The lowest BCUT2D eigenvalue weighted by Crippen LogP contribution is -2.49. The Morgan fingerprint density at radius 2 is 2.10 bits per heavy atom. The van der Waals surface area contributed by atoms with Gasteiger partial charge in [-0.1, -0.05) is 48.1 Å². The Balaban J connectivity index is 1.59. The number of hydrogen-bond acceptors (Lipinski definition) is 11. The molecule has 0 aromatic carbocycles. The van der Waals surface area contributed by atoms with Gasteiger partial charge in [-0.25, -0.2) is 19.6 Å². The highest BCUT2D eigenvalue weighted by Gasteiger charge is 2.44. The number of amidine groups is 2. The maximum Gasteiger partial charge on any atom is 0.186 e. The van der Waals surface area contributed by atoms with Crippen molar-refractivity contribution in [2.45, 2.75) is 65.0 Å². The first kappa shape index (κ1) is 20.1. The summed E-state index contributed by atoms with van der Waals surface area (Å²) in [6.07, 6.45) is 0.796. The Labute approximate surface area is 173 Å². The van der Waals surface area contributed by atoms with Gasteiger partial charge in [-0.05, 0) is 13.3 Å². The van der Waals surface area contributed by atoms with Gasteiger partial charge in [-0.15, -0.1) is 0 Å². The Morgan fingerprint density at radius 3 is 2.76 bits per heavy atom. The lowest BCUT2D eigenvalue weighted by atomic mass is 9.94. The van der Waals surface area contributed by atoms with Crippen LogP contribution in [-0.4, -0.2) is 67.6 Å². The molecule has 11 heteroatoms. The van der Waals surface area contributed by atoms with Gasteiger partial charge in [-0.3, -0.25) is 9.69 Å². The highest BCUT2D eigenvalue weighted by atomic mass is 32.2. The van der Waals surface area contributed by atoms with E-state index in [9.17, 15) is 4.79 Å². The summed E-state index contributed by atoms with van der Waals surface area (Å²) in [5.74, 6) is 1.56. The quantitative estimate of drug-likeness (QED) is 0.738. The van der Waals surface area contributed by atoms with E-state index in [0.29, 0.717) is 17.5 Å². The molecule has 1 fully saturated rings. The summed E-state index contributed by atoms with van der Waals surface area (Å²) in [6.45, 7) is 11.9. The summed E-state index contributed by atoms with van der Waals surface area (Å²) < 4.78 is 4.81. The van der Waals surface area contributed by atoms with E-state index >= 15 is 0 Å². The van der Waals surface area contributed by atoms with E-state index < -0.39 is 0 Å². The molecule has 29 heavy (non-hydrogen) atoms. The fourth-order valence-electron chi connectivity index (χ4n) is 3.63. The molecular weight excluding hydrogens is 392 g/mol. The maximum atomic E-state index is 11.5. The summed E-state index contributed by atoms with van der Waals surface area (Å²) in [5.41, 5.74) is 1.23. The molecule has 4 rings (SSSR count). The van der Waals surface area contributed by atoms with Crippen LogP contribution in [0.1, 0.15) is 45.5 Å². The Kier molecular flexibility index (Phi) is 5.28. The molecular formula is C18H26N8O2S. The third kappa shape index (κ3) is 4.11. The maximum absolute atomic E-state index is 11.5. The zero-order chi connectivity index (χ0) is 20.8. The largest absolute Gasteiger partial charge is 0.288 e. The standard InChI is InChI=1S/C18H26N8O2S/c1-10-13(23-28-22-10)9-26-16-14(21-24-26)15(19-17(20-16)18(3,4)5)25-7-6-12(8-25)29-11(2)27/h12,14-15H,6-9H2,1-5H3/t12-,14?,15?/m0/s1. The van der Waals surface area contributed by atoms with Crippen molar-refractivity contribution in [2.75, 3.05) is 13.1 Å². The van der Waals surface area contributed by atoms with Gasteiger partial charge in [0.1, 0.15) is 23.4 Å². The van der Waals surface area contributed by atoms with E-state index in [-0.39, 0.29) is 22.7 Å². The summed E-state index contributed by atoms with van der Waals surface area (Å²) >= 11 is 1.42. The highest BCUT2D eigenvalue weighted by Crippen LogP contribution is 2.33. The number of aryl methyl sites for hydroxylation is 1. The lowest BCUT2D eigenvalue weighted by Gasteiger charge is -2.33. The van der Waals surface area contributed by atoms with Crippen LogP contribution in [0.3, 0.4) is 0 Å². The Hall–Kier alpha value is -2.14. The normalized spacial score (nSPS) is 27.2. The number of carbonyl (C=O) groups excluding carboxylic acids is 1. The molecule has 156 valence electrons. The molecule has 0 N–H and O–H groups in total. The van der Waals surface area contributed by atoms with Crippen LogP contribution < -0.4 is 0 Å². The van der Waals surface area contributed by atoms with E-state index in [1.165, 1.54) is 11.8 Å². The molecule has 0 spiro atoms. The summed E-state index contributed by atoms with van der Waals surface area (Å²) in [4.78, 5) is 23.6. The molecule has 0 amide bonds. The van der Waals surface area contributed by atoms with Crippen LogP contribution in [0.4, 0.5) is 0 Å². The number of likely N-dealkylation sites (tertiary alicyclic amines) is 1. The molecule has 4 heterocycles. The van der Waals surface area contributed by atoms with E-state index in [4.69, 9.17) is 14.6 Å². The number of nitrogens with zero attached hydrogens (tertiary/aromatic N) is 8. The predicted octanol–water partition coefficient (Wildman–Crippen LogP) is 2.47. The van der Waals surface area contributed by atoms with Crippen LogP contribution in [0.2, 0.25) is 0 Å². The molecule has 0 bridgehead atoms. The number of aromatic nitrogens is 2. The van der Waals surface area contributed by atoms with Gasteiger partial charge in [0.05, 0.1) is 6.54 Å². The zero-order valence-electron chi connectivity index (χ0n) is 17.4. The number of fused-ring (bicyclic) bond motifs is 1. The molecule has 0 saturated carbocycles. The van der Waals surface area contributed by atoms with Gasteiger partial charge >= 0.3 is 0 Å². The van der Waals surface area contributed by atoms with Crippen LogP contribution in [0.15, 0.2) is 25.0 Å². The van der Waals surface area contributed by atoms with Crippen LogP contribution in [-0.2, 0) is 11.3 Å². The molecule has 2 unspecified atom stereocenters. The topological polar surface area (TPSA) is 112 Å². The third-order valence-corrected chi connectivity index (χ3v) is 6.22. The monoisotopic (exact) mass is 418 g/mol. The number of carbonyl (C=O) groups is 1. The van der Waals surface area contributed by atoms with E-state index in [1.807, 2.05) is 6.92 Å². The first-order valence-electron chi connectivity index (χ1n) is 9.77. The Bertz CT molecular complexity index is 887. The Morgan fingerprint density at radius 1 is 1.31 bits per heavy atom. The number of aliphatic imine (C=N–C) groups is 2. The van der Waals surface area contributed by atoms with Gasteiger partial charge in [0, 0.05) is 30.7 Å². The molecule has 10 nitrogen and oxygen atoms in total. The highest BCUT2D eigenvalue weighted by molar-refractivity contribution is 8.14. The summed E-state index contributed by atoms with van der Waals surface area (Å²) in [6, 6.07) is -0.262. The van der Waals surface area contributed by atoms with Crippen LogP contribution >= 0.6 is 11.8 Å². The average Bonchev–Trinajstić information content (AvgIpc) is 3.35. The summed E-state index contributed by atoms with van der Waals surface area (Å²) in [5, 5.41) is 18.9. The minimum absolute atomic E-state index is 0.157. The van der Waals surface area contributed by atoms with E-state index in [0.717, 1.165) is 36.9 Å². The second kappa shape index (κ2) is 7.60. The van der Waals surface area contributed by atoms with Gasteiger partial charge in [0.15, 0.2) is 17.0 Å². The van der Waals surface area contributed by atoms with Crippen molar-refractivity contribution in [1.82, 2.24) is 20.2 Å². The minimum atomic E-state index is -0.262. The molecule has 0 radical (unpaired) electrons. The third-order valence-electron chi connectivity index (χ3n) is 5.17. The van der Waals surface area contributed by atoms with Crippen molar-refractivity contribution >= 4 is 28.5 Å². The van der Waals surface area contributed by atoms with Crippen molar-refractivity contribution in [2.24, 2.45) is 25.7 Å². The fourth-order valence-corrected chi connectivity index (χ4v) is 4.59. The zero-order valence-corrected chi connectivity index (χ0v) is 18.2. The van der Waals surface area contributed by atoms with Crippen LogP contribution in [0.5, 0.6) is 0 Å². The SMILES string of the molecule is CC(=O)S[C@H]1CCN(C2N=C(C(C)(C)C)N=C3C2N=NN3Cc2nonc2C)C1. The molecule has 1 aromatic rings. The number of thioether (sulfide) groups is 1. The summed E-state index contributed by atoms with van der Waals surface area (Å²) in [7, 11) is 0. The van der Waals surface area contributed by atoms with Gasteiger partial charge in [0.2, 0.25) is 0 Å². The first-order chi connectivity index (χ1) is 13.7. The van der Waals surface area contributed by atoms with Crippen LogP contribution in [0, 0.1) is 12.3 Å². The molecule has 1 aromatic heterocycles. The van der Waals surface area contributed by atoms with E-state index in [1.54, 1.807) is 11.9 Å². The van der Waals surface area contributed by atoms with Crippen LogP contribution in [0.25, 0.3) is 0 Å². The van der Waals surface area contributed by atoms with Crippen molar-refractivity contribution in [3.05, 3.63) is 11.4 Å². The van der Waals surface area contributed by atoms with Crippen molar-refractivity contribution in [1.29, 1.82) is 0 Å². The lowest BCUT2D eigenvalue weighted by molar-refractivity contribution is -0.109. The molecule has 3 aliphatic heterocycles.